The zero-order valence-corrected chi connectivity index (χ0v) is 22.3. The molecule has 6 rings (SSSR count). The van der Waals surface area contributed by atoms with Crippen LogP contribution in [0.2, 0.25) is 5.02 Å². The summed E-state index contributed by atoms with van der Waals surface area (Å²) in [6.45, 7) is 2.29. The first-order chi connectivity index (χ1) is 18.7. The summed E-state index contributed by atoms with van der Waals surface area (Å²) in [5, 5.41) is 6.16. The van der Waals surface area contributed by atoms with E-state index in [-0.39, 0.29) is 39.6 Å². The number of hydrogen-bond donors (Lipinski definition) is 2. The predicted octanol–water partition coefficient (Wildman–Crippen LogP) is 3.83. The van der Waals surface area contributed by atoms with Crippen molar-refractivity contribution in [3.8, 4) is 17.2 Å². The molecule has 11 heteroatoms. The zero-order valence-electron chi connectivity index (χ0n) is 21.6. The van der Waals surface area contributed by atoms with Gasteiger partial charge in [0, 0.05) is 36.0 Å². The number of nitrogens with zero attached hydrogens (tertiary/aromatic N) is 1. The number of rotatable bonds is 4. The molecule has 0 unspecified atom stereocenters. The number of ether oxygens (including phenoxy) is 3. The Balaban J connectivity index is 1.30. The molecular weight excluding hydrogens is 526 g/mol. The van der Waals surface area contributed by atoms with Gasteiger partial charge in [-0.1, -0.05) is 18.5 Å². The van der Waals surface area contributed by atoms with Crippen molar-refractivity contribution in [3.63, 3.8) is 0 Å². The summed E-state index contributed by atoms with van der Waals surface area (Å²) >= 11 is 6.45. The van der Waals surface area contributed by atoms with Gasteiger partial charge in [0.2, 0.25) is 23.1 Å². The van der Waals surface area contributed by atoms with E-state index in [1.54, 1.807) is 30.0 Å². The molecule has 1 saturated heterocycles. The molecule has 0 bridgehead atoms. The van der Waals surface area contributed by atoms with E-state index in [1.165, 1.54) is 26.4 Å². The van der Waals surface area contributed by atoms with E-state index in [9.17, 15) is 19.2 Å². The van der Waals surface area contributed by atoms with Crippen molar-refractivity contribution >= 4 is 46.4 Å². The largest absolute Gasteiger partial charge is 0.496 e. The second-order valence-corrected chi connectivity index (χ2v) is 10.5. The van der Waals surface area contributed by atoms with Gasteiger partial charge in [-0.2, -0.15) is 0 Å². The number of halogens is 1. The molecule has 2 N–H and O–H groups in total. The first kappa shape index (κ1) is 25.2. The van der Waals surface area contributed by atoms with Crippen molar-refractivity contribution in [1.82, 2.24) is 4.90 Å². The number of methoxy groups -OCH3 is 2. The van der Waals surface area contributed by atoms with Crippen LogP contribution in [0.5, 0.6) is 17.2 Å². The lowest BCUT2D eigenvalue weighted by molar-refractivity contribution is -0.129. The molecule has 10 nitrogen and oxygen atoms in total. The Hall–Kier alpha value is -4.05. The minimum Gasteiger partial charge on any atom is -0.496 e. The fraction of sp³-hybridized carbons (Fsp3) is 0.357. The lowest BCUT2D eigenvalue weighted by atomic mass is 9.74. The third kappa shape index (κ3) is 3.61. The molecule has 1 spiro atoms. The van der Waals surface area contributed by atoms with Crippen LogP contribution in [-0.4, -0.2) is 60.7 Å². The highest BCUT2D eigenvalue weighted by molar-refractivity contribution is 6.36. The maximum Gasteiger partial charge on any atom is 0.256 e. The molecule has 4 aliphatic rings. The molecular formula is C28H26ClN3O7. The number of amides is 2. The van der Waals surface area contributed by atoms with Gasteiger partial charge >= 0.3 is 0 Å². The van der Waals surface area contributed by atoms with Gasteiger partial charge in [0.05, 0.1) is 25.5 Å². The lowest BCUT2D eigenvalue weighted by Gasteiger charge is -2.35. The Kier molecular flexibility index (Phi) is 5.83. The summed E-state index contributed by atoms with van der Waals surface area (Å²) in [6.07, 6.45) is 3.08. The van der Waals surface area contributed by atoms with E-state index < -0.39 is 29.1 Å². The second kappa shape index (κ2) is 9.01. The number of fused-ring (bicyclic) bond motifs is 3. The summed E-state index contributed by atoms with van der Waals surface area (Å²) in [7, 11) is 2.85. The van der Waals surface area contributed by atoms with E-state index >= 15 is 0 Å². The third-order valence-electron chi connectivity index (χ3n) is 7.94. The van der Waals surface area contributed by atoms with Gasteiger partial charge in [-0.25, -0.2) is 0 Å². The summed E-state index contributed by atoms with van der Waals surface area (Å²) in [4.78, 5) is 54.7. The molecule has 2 aromatic rings. The quantitative estimate of drug-likeness (QED) is 0.550. The highest BCUT2D eigenvalue weighted by Gasteiger charge is 2.60. The molecule has 0 saturated carbocycles. The van der Waals surface area contributed by atoms with E-state index in [0.29, 0.717) is 42.0 Å². The van der Waals surface area contributed by atoms with E-state index in [1.807, 2.05) is 0 Å². The number of allylic oxidation sites excluding steroid dienone is 1. The first-order valence-corrected chi connectivity index (χ1v) is 13.0. The molecule has 2 aromatic carbocycles. The zero-order chi connectivity index (χ0) is 27.6. The fourth-order valence-corrected chi connectivity index (χ4v) is 6.23. The minimum absolute atomic E-state index is 0.0643. The van der Waals surface area contributed by atoms with Gasteiger partial charge in [-0.15, -0.1) is 0 Å². The number of nitrogens with one attached hydrogen (secondary N) is 2. The normalized spacial score (nSPS) is 25.3. The first-order valence-electron chi connectivity index (χ1n) is 12.7. The highest BCUT2D eigenvalue weighted by atomic mass is 35.5. The highest BCUT2D eigenvalue weighted by Crippen LogP contribution is 2.53. The van der Waals surface area contributed by atoms with Gasteiger partial charge in [0.25, 0.3) is 5.91 Å². The topological polar surface area (TPSA) is 123 Å². The van der Waals surface area contributed by atoms with Crippen LogP contribution in [0.4, 0.5) is 11.4 Å². The van der Waals surface area contributed by atoms with Crippen molar-refractivity contribution < 1.29 is 33.4 Å². The van der Waals surface area contributed by atoms with Crippen LogP contribution in [0.3, 0.4) is 0 Å². The van der Waals surface area contributed by atoms with E-state index in [4.69, 9.17) is 25.8 Å². The Morgan fingerprint density at radius 3 is 2.62 bits per heavy atom. The summed E-state index contributed by atoms with van der Waals surface area (Å²) in [6, 6.07) is 6.11. The summed E-state index contributed by atoms with van der Waals surface area (Å²) in [5.41, 5.74) is 0.299. The van der Waals surface area contributed by atoms with E-state index in [2.05, 4.69) is 10.6 Å². The van der Waals surface area contributed by atoms with Crippen LogP contribution in [0.25, 0.3) is 0 Å². The van der Waals surface area contributed by atoms with Crippen molar-refractivity contribution in [1.29, 1.82) is 0 Å². The Morgan fingerprint density at radius 1 is 1.13 bits per heavy atom. The molecule has 3 heterocycles. The number of anilines is 2. The molecule has 3 atom stereocenters. The Bertz CT molecular complexity index is 1500. The third-order valence-corrected chi connectivity index (χ3v) is 8.30. The Morgan fingerprint density at radius 2 is 1.90 bits per heavy atom. The molecule has 3 aliphatic heterocycles. The van der Waals surface area contributed by atoms with Crippen LogP contribution < -0.4 is 24.8 Å². The van der Waals surface area contributed by atoms with Gasteiger partial charge in [0.1, 0.15) is 28.1 Å². The number of benzene rings is 2. The van der Waals surface area contributed by atoms with Gasteiger partial charge in [0.15, 0.2) is 5.75 Å². The number of hydrogen-bond acceptors (Lipinski definition) is 8. The van der Waals surface area contributed by atoms with Crippen LogP contribution in [0.15, 0.2) is 36.0 Å². The summed E-state index contributed by atoms with van der Waals surface area (Å²) in [5.74, 6) is -1.46. The monoisotopic (exact) mass is 551 g/mol. The van der Waals surface area contributed by atoms with Crippen molar-refractivity contribution in [2.45, 2.75) is 37.8 Å². The average molecular weight is 552 g/mol. The van der Waals surface area contributed by atoms with Crippen LogP contribution in [-0.2, 0) is 9.59 Å². The second-order valence-electron chi connectivity index (χ2n) is 10.1. The Labute approximate surface area is 229 Å². The molecule has 0 aromatic heterocycles. The SMILES string of the molecule is COc1cc(OC)c2c(c1Cl)O[C@@]1(C(=O)C=C(Nc3ccc4c(c3)C(=O)N3CCC[C@H]3C(=O)N4)C[C@H]1C)C2=O. The number of Topliss-reactive ketones (excluding diaryl/α,β-unsaturated/α-hetero) is 1. The molecule has 2 amide bonds. The minimum atomic E-state index is -1.78. The van der Waals surface area contributed by atoms with Crippen molar-refractivity contribution in [2.75, 3.05) is 31.4 Å². The standard InChI is InChI=1S/C28H26ClN3O7/c1-13-9-15(30-14-6-7-17-16(10-14)27(36)32-8-4-5-18(32)26(35)31-17)11-21(33)28(13)25(34)22-19(37-2)12-20(38-3)23(29)24(22)39-28/h6-7,10-13,18,30H,4-5,8-9H2,1-3H3,(H,31,35)/t13-,18+,28+/m1/s1. The molecule has 1 aliphatic carbocycles. The van der Waals surface area contributed by atoms with E-state index in [0.717, 1.165) is 6.42 Å². The lowest BCUT2D eigenvalue weighted by Crippen LogP contribution is -2.55. The number of ketones is 2. The van der Waals surface area contributed by atoms with Gasteiger partial charge in [-0.3, -0.25) is 19.2 Å². The number of carbonyl (C=O) groups is 4. The number of carbonyl (C=O) groups excluding carboxylic acids is 4. The smallest absolute Gasteiger partial charge is 0.256 e. The molecule has 1 fully saturated rings. The maximum absolute atomic E-state index is 13.7. The molecule has 202 valence electrons. The van der Waals surface area contributed by atoms with Gasteiger partial charge < -0.3 is 29.7 Å². The van der Waals surface area contributed by atoms with Crippen LogP contribution >= 0.6 is 11.6 Å². The van der Waals surface area contributed by atoms with Crippen molar-refractivity contribution in [2.24, 2.45) is 5.92 Å². The molecule has 0 radical (unpaired) electrons. The van der Waals surface area contributed by atoms with Crippen molar-refractivity contribution in [3.05, 3.63) is 52.2 Å². The molecule has 39 heavy (non-hydrogen) atoms. The summed E-state index contributed by atoms with van der Waals surface area (Å²) < 4.78 is 16.8. The van der Waals surface area contributed by atoms with Crippen LogP contribution in [0.1, 0.15) is 46.9 Å². The maximum atomic E-state index is 13.7. The van der Waals surface area contributed by atoms with Gasteiger partial charge in [-0.05, 0) is 37.5 Å². The fourth-order valence-electron chi connectivity index (χ4n) is 5.96. The average Bonchev–Trinajstić information content (AvgIpc) is 3.51. The predicted molar refractivity (Wildman–Crippen MR) is 142 cm³/mol. The van der Waals surface area contributed by atoms with Crippen LogP contribution in [0, 0.1) is 5.92 Å².